The van der Waals surface area contributed by atoms with Crippen LogP contribution in [0, 0.1) is 11.6 Å². The summed E-state index contributed by atoms with van der Waals surface area (Å²) in [6, 6.07) is 1.29. The molecule has 1 atom stereocenters. The molecular formula is C14H17F2NO4S. The summed E-state index contributed by atoms with van der Waals surface area (Å²) < 4.78 is 57.8. The second kappa shape index (κ2) is 6.70. The molecule has 1 aromatic carbocycles. The van der Waals surface area contributed by atoms with Gasteiger partial charge in [-0.05, 0) is 38.3 Å². The quantitative estimate of drug-likeness (QED) is 0.792. The molecule has 0 aliphatic carbocycles. The number of sulfonamides is 1. The Morgan fingerprint density at radius 2 is 2.09 bits per heavy atom. The molecule has 0 aromatic heterocycles. The molecule has 22 heavy (non-hydrogen) atoms. The van der Waals surface area contributed by atoms with E-state index in [1.807, 2.05) is 0 Å². The Hall–Kier alpha value is -1.54. The van der Waals surface area contributed by atoms with Crippen LogP contribution in [0.5, 0.6) is 0 Å². The van der Waals surface area contributed by atoms with Gasteiger partial charge in [0.05, 0.1) is 6.61 Å². The second-order valence-electron chi connectivity index (χ2n) is 4.95. The van der Waals surface area contributed by atoms with Crippen molar-refractivity contribution in [1.82, 2.24) is 4.31 Å². The maximum absolute atomic E-state index is 13.8. The lowest BCUT2D eigenvalue weighted by Crippen LogP contribution is -2.48. The van der Waals surface area contributed by atoms with Crippen LogP contribution >= 0.6 is 0 Å². The number of halogens is 2. The van der Waals surface area contributed by atoms with Crippen LogP contribution in [0.25, 0.3) is 0 Å². The molecule has 0 bridgehead atoms. The maximum Gasteiger partial charge on any atom is 0.324 e. The highest BCUT2D eigenvalue weighted by molar-refractivity contribution is 7.89. The van der Waals surface area contributed by atoms with Gasteiger partial charge in [0.1, 0.15) is 22.6 Å². The fourth-order valence-corrected chi connectivity index (χ4v) is 4.17. The molecule has 5 nitrogen and oxygen atoms in total. The molecule has 0 spiro atoms. The third kappa shape index (κ3) is 3.27. The fraction of sp³-hybridized carbons (Fsp3) is 0.500. The van der Waals surface area contributed by atoms with Gasteiger partial charge in [-0.2, -0.15) is 4.31 Å². The van der Waals surface area contributed by atoms with E-state index in [0.717, 1.165) is 16.4 Å². The Kier molecular flexibility index (Phi) is 5.12. The van der Waals surface area contributed by atoms with Crippen molar-refractivity contribution < 1.29 is 26.7 Å². The number of benzene rings is 1. The van der Waals surface area contributed by atoms with Crippen molar-refractivity contribution >= 4 is 16.0 Å². The van der Waals surface area contributed by atoms with Crippen LogP contribution in [-0.2, 0) is 19.6 Å². The fourth-order valence-electron chi connectivity index (χ4n) is 2.48. The van der Waals surface area contributed by atoms with Crippen molar-refractivity contribution in [3.8, 4) is 0 Å². The van der Waals surface area contributed by atoms with Gasteiger partial charge in [0.2, 0.25) is 10.0 Å². The molecule has 0 saturated carbocycles. The van der Waals surface area contributed by atoms with Crippen LogP contribution in [-0.4, -0.2) is 37.9 Å². The molecule has 1 fully saturated rings. The van der Waals surface area contributed by atoms with E-state index < -0.39 is 38.6 Å². The molecule has 0 radical (unpaired) electrons. The zero-order chi connectivity index (χ0) is 16.3. The van der Waals surface area contributed by atoms with Gasteiger partial charge in [0.25, 0.3) is 0 Å². The molecule has 122 valence electrons. The summed E-state index contributed by atoms with van der Waals surface area (Å²) in [5.41, 5.74) is 0. The first-order chi connectivity index (χ1) is 10.4. The van der Waals surface area contributed by atoms with E-state index in [-0.39, 0.29) is 13.2 Å². The summed E-state index contributed by atoms with van der Waals surface area (Å²) in [5, 5.41) is 0. The Balaban J connectivity index is 2.38. The van der Waals surface area contributed by atoms with Crippen molar-refractivity contribution in [1.29, 1.82) is 0 Å². The maximum atomic E-state index is 13.8. The molecule has 0 N–H and O–H groups in total. The van der Waals surface area contributed by atoms with Crippen LogP contribution in [0.4, 0.5) is 8.78 Å². The number of piperidine rings is 1. The van der Waals surface area contributed by atoms with Crippen molar-refractivity contribution in [3.05, 3.63) is 29.8 Å². The zero-order valence-electron chi connectivity index (χ0n) is 12.1. The molecular weight excluding hydrogens is 316 g/mol. The number of ether oxygens (including phenoxy) is 1. The van der Waals surface area contributed by atoms with Crippen LogP contribution in [0.1, 0.15) is 26.2 Å². The largest absolute Gasteiger partial charge is 0.465 e. The molecule has 1 aliphatic heterocycles. The zero-order valence-corrected chi connectivity index (χ0v) is 12.9. The van der Waals surface area contributed by atoms with Gasteiger partial charge in [-0.25, -0.2) is 17.2 Å². The number of nitrogens with zero attached hydrogens (tertiary/aromatic N) is 1. The lowest BCUT2D eigenvalue weighted by Gasteiger charge is -2.32. The summed E-state index contributed by atoms with van der Waals surface area (Å²) >= 11 is 0. The van der Waals surface area contributed by atoms with Crippen LogP contribution in [0.3, 0.4) is 0 Å². The highest BCUT2D eigenvalue weighted by Crippen LogP contribution is 2.27. The number of carbonyl (C=O) groups is 1. The molecule has 0 amide bonds. The topological polar surface area (TPSA) is 63.7 Å². The average molecular weight is 333 g/mol. The van der Waals surface area contributed by atoms with Gasteiger partial charge >= 0.3 is 5.97 Å². The molecule has 1 aliphatic rings. The summed E-state index contributed by atoms with van der Waals surface area (Å²) in [5.74, 6) is -2.68. The molecule has 1 heterocycles. The Morgan fingerprint density at radius 3 is 2.73 bits per heavy atom. The van der Waals surface area contributed by atoms with Gasteiger partial charge in [0, 0.05) is 12.6 Å². The molecule has 1 saturated heterocycles. The standard InChI is InChI=1S/C14H17F2NO4S/c1-2-21-14(18)12-5-3-4-8-17(12)22(19,20)13-7-6-10(15)9-11(13)16/h6-7,9,12H,2-5,8H2,1H3/t12-/m1/s1. The second-order valence-corrected chi connectivity index (χ2v) is 6.81. The first kappa shape index (κ1) is 16.8. The van der Waals surface area contributed by atoms with E-state index in [1.54, 1.807) is 6.92 Å². The van der Waals surface area contributed by atoms with E-state index >= 15 is 0 Å². The normalized spacial score (nSPS) is 19.9. The van der Waals surface area contributed by atoms with E-state index in [9.17, 15) is 22.0 Å². The van der Waals surface area contributed by atoms with Crippen LogP contribution in [0.15, 0.2) is 23.1 Å². The first-order valence-corrected chi connectivity index (χ1v) is 8.45. The molecule has 8 heteroatoms. The Bertz CT molecular complexity index is 663. The third-order valence-electron chi connectivity index (χ3n) is 3.49. The predicted octanol–water partition coefficient (Wildman–Crippen LogP) is 2.07. The predicted molar refractivity (Wildman–Crippen MR) is 74.5 cm³/mol. The molecule has 2 rings (SSSR count). The lowest BCUT2D eigenvalue weighted by molar-refractivity contribution is -0.148. The smallest absolute Gasteiger partial charge is 0.324 e. The lowest BCUT2D eigenvalue weighted by atomic mass is 10.1. The third-order valence-corrected chi connectivity index (χ3v) is 5.43. The van der Waals surface area contributed by atoms with Gasteiger partial charge in [-0.1, -0.05) is 0 Å². The highest BCUT2D eigenvalue weighted by Gasteiger charge is 2.39. The number of esters is 1. The first-order valence-electron chi connectivity index (χ1n) is 7.01. The minimum absolute atomic E-state index is 0.0998. The summed E-state index contributed by atoms with van der Waals surface area (Å²) in [4.78, 5) is 11.3. The van der Waals surface area contributed by atoms with Crippen molar-refractivity contribution in [2.24, 2.45) is 0 Å². The average Bonchev–Trinajstić information content (AvgIpc) is 2.47. The summed E-state index contributed by atoms with van der Waals surface area (Å²) in [7, 11) is -4.23. The van der Waals surface area contributed by atoms with Crippen molar-refractivity contribution in [3.63, 3.8) is 0 Å². The van der Waals surface area contributed by atoms with Crippen molar-refractivity contribution in [2.75, 3.05) is 13.2 Å². The van der Waals surface area contributed by atoms with Gasteiger partial charge < -0.3 is 4.74 Å². The monoisotopic (exact) mass is 333 g/mol. The van der Waals surface area contributed by atoms with E-state index in [2.05, 4.69) is 0 Å². The minimum atomic E-state index is -4.23. The van der Waals surface area contributed by atoms with E-state index in [0.29, 0.717) is 25.3 Å². The van der Waals surface area contributed by atoms with Gasteiger partial charge in [-0.3, -0.25) is 4.79 Å². The Labute approximate surface area is 127 Å². The number of hydrogen-bond acceptors (Lipinski definition) is 4. The summed E-state index contributed by atoms with van der Waals surface area (Å²) in [6.07, 6.45) is 1.57. The van der Waals surface area contributed by atoms with Crippen LogP contribution in [0.2, 0.25) is 0 Å². The van der Waals surface area contributed by atoms with Gasteiger partial charge in [0.15, 0.2) is 0 Å². The molecule has 1 aromatic rings. The number of carbonyl (C=O) groups excluding carboxylic acids is 1. The van der Waals surface area contributed by atoms with E-state index in [1.165, 1.54) is 0 Å². The number of hydrogen-bond donors (Lipinski definition) is 0. The van der Waals surface area contributed by atoms with Crippen LogP contribution < -0.4 is 0 Å². The SMILES string of the molecule is CCOC(=O)[C@H]1CCCCN1S(=O)(=O)c1ccc(F)cc1F. The number of rotatable bonds is 4. The summed E-state index contributed by atoms with van der Waals surface area (Å²) in [6.45, 7) is 1.86. The van der Waals surface area contributed by atoms with E-state index in [4.69, 9.17) is 4.74 Å². The Morgan fingerprint density at radius 1 is 1.36 bits per heavy atom. The van der Waals surface area contributed by atoms with Gasteiger partial charge in [-0.15, -0.1) is 0 Å². The highest BCUT2D eigenvalue weighted by atomic mass is 32.2. The molecule has 0 unspecified atom stereocenters. The van der Waals surface area contributed by atoms with Crippen molar-refractivity contribution in [2.45, 2.75) is 37.1 Å². The minimum Gasteiger partial charge on any atom is -0.465 e.